The van der Waals surface area contributed by atoms with E-state index in [0.29, 0.717) is 24.4 Å². The normalized spacial score (nSPS) is 14.7. The second-order valence-corrected chi connectivity index (χ2v) is 7.79. The van der Waals surface area contributed by atoms with E-state index in [9.17, 15) is 4.79 Å². The number of amides is 1. The fraction of sp³-hybridized carbons (Fsp3) is 0.261. The van der Waals surface area contributed by atoms with Crippen LogP contribution in [0.3, 0.4) is 0 Å². The zero-order chi connectivity index (χ0) is 19.3. The Morgan fingerprint density at radius 1 is 1.00 bits per heavy atom. The number of hydrogen-bond donors (Lipinski definition) is 0. The standard InChI is InChI=1S/C23H23NO3S/c1-26-20-7-3-6-18(16-20)23(25)24-12-10-19(11-13-24)27-21-8-2-5-17(15-21)22-9-4-14-28-22/h2-9,14-16,19H,10-13H2,1H3. The van der Waals surface area contributed by atoms with E-state index in [1.165, 1.54) is 10.4 Å². The van der Waals surface area contributed by atoms with Crippen LogP contribution < -0.4 is 9.47 Å². The van der Waals surface area contributed by atoms with E-state index in [1.54, 1.807) is 24.5 Å². The largest absolute Gasteiger partial charge is 0.497 e. The summed E-state index contributed by atoms with van der Waals surface area (Å²) in [5.41, 5.74) is 1.85. The van der Waals surface area contributed by atoms with Crippen molar-refractivity contribution in [2.24, 2.45) is 0 Å². The fourth-order valence-electron chi connectivity index (χ4n) is 3.47. The monoisotopic (exact) mass is 393 g/mol. The average molecular weight is 394 g/mol. The Hall–Kier alpha value is -2.79. The molecule has 0 bridgehead atoms. The molecule has 4 nitrogen and oxygen atoms in total. The number of likely N-dealkylation sites (tertiary alicyclic amines) is 1. The Balaban J connectivity index is 1.35. The van der Waals surface area contributed by atoms with Gasteiger partial charge in [0, 0.05) is 36.4 Å². The molecular formula is C23H23NO3S. The fourth-order valence-corrected chi connectivity index (χ4v) is 4.20. The van der Waals surface area contributed by atoms with Crippen LogP contribution in [0, 0.1) is 0 Å². The van der Waals surface area contributed by atoms with E-state index in [4.69, 9.17) is 9.47 Å². The smallest absolute Gasteiger partial charge is 0.253 e. The lowest BCUT2D eigenvalue weighted by Gasteiger charge is -2.32. The molecule has 0 N–H and O–H groups in total. The molecule has 144 valence electrons. The summed E-state index contributed by atoms with van der Waals surface area (Å²) < 4.78 is 11.4. The van der Waals surface area contributed by atoms with Crippen LogP contribution in [0.4, 0.5) is 0 Å². The summed E-state index contributed by atoms with van der Waals surface area (Å²) in [6.07, 6.45) is 1.80. The molecule has 1 aliphatic heterocycles. The minimum atomic E-state index is 0.0528. The lowest BCUT2D eigenvalue weighted by Crippen LogP contribution is -2.41. The van der Waals surface area contributed by atoms with Crippen molar-refractivity contribution in [3.8, 4) is 21.9 Å². The minimum absolute atomic E-state index is 0.0528. The first-order chi connectivity index (χ1) is 13.7. The van der Waals surface area contributed by atoms with Crippen LogP contribution >= 0.6 is 11.3 Å². The summed E-state index contributed by atoms with van der Waals surface area (Å²) in [5.74, 6) is 1.65. The number of ether oxygens (including phenoxy) is 2. The number of rotatable bonds is 5. The Morgan fingerprint density at radius 3 is 2.54 bits per heavy atom. The Bertz CT molecular complexity index is 931. The van der Waals surface area contributed by atoms with Crippen molar-refractivity contribution in [1.82, 2.24) is 4.90 Å². The van der Waals surface area contributed by atoms with E-state index in [-0.39, 0.29) is 12.0 Å². The third-order valence-electron chi connectivity index (χ3n) is 4.99. The highest BCUT2D eigenvalue weighted by Crippen LogP contribution is 2.29. The van der Waals surface area contributed by atoms with Gasteiger partial charge in [-0.15, -0.1) is 11.3 Å². The van der Waals surface area contributed by atoms with Gasteiger partial charge in [-0.25, -0.2) is 0 Å². The number of benzene rings is 2. The summed E-state index contributed by atoms with van der Waals surface area (Å²) in [5, 5.41) is 2.08. The van der Waals surface area contributed by atoms with Crippen molar-refractivity contribution in [1.29, 1.82) is 0 Å². The number of nitrogens with zero attached hydrogens (tertiary/aromatic N) is 1. The molecule has 0 atom stereocenters. The van der Waals surface area contributed by atoms with Crippen LogP contribution in [0.25, 0.3) is 10.4 Å². The zero-order valence-corrected chi connectivity index (χ0v) is 16.7. The molecule has 1 aromatic heterocycles. The van der Waals surface area contributed by atoms with Gasteiger partial charge in [0.05, 0.1) is 7.11 Å². The average Bonchev–Trinajstić information content (AvgIpc) is 3.29. The predicted molar refractivity (Wildman–Crippen MR) is 112 cm³/mol. The number of carbonyl (C=O) groups excluding carboxylic acids is 1. The van der Waals surface area contributed by atoms with Crippen molar-refractivity contribution < 1.29 is 14.3 Å². The van der Waals surface area contributed by atoms with Gasteiger partial charge in [0.25, 0.3) is 5.91 Å². The van der Waals surface area contributed by atoms with Crippen molar-refractivity contribution in [2.75, 3.05) is 20.2 Å². The Morgan fingerprint density at radius 2 is 1.79 bits per heavy atom. The van der Waals surface area contributed by atoms with E-state index < -0.39 is 0 Å². The number of methoxy groups -OCH3 is 1. The van der Waals surface area contributed by atoms with Crippen molar-refractivity contribution in [3.05, 3.63) is 71.6 Å². The van der Waals surface area contributed by atoms with E-state index >= 15 is 0 Å². The SMILES string of the molecule is COc1cccc(C(=O)N2CCC(Oc3cccc(-c4cccs4)c3)CC2)c1. The quantitative estimate of drug-likeness (QED) is 0.605. The molecule has 28 heavy (non-hydrogen) atoms. The number of thiophene rings is 1. The third-order valence-corrected chi connectivity index (χ3v) is 5.91. The van der Waals surface area contributed by atoms with Crippen LogP contribution in [0.5, 0.6) is 11.5 Å². The van der Waals surface area contributed by atoms with Crippen molar-refractivity contribution in [2.45, 2.75) is 18.9 Å². The highest BCUT2D eigenvalue weighted by Gasteiger charge is 2.25. The van der Waals surface area contributed by atoms with Gasteiger partial charge in [-0.1, -0.05) is 24.3 Å². The van der Waals surface area contributed by atoms with Gasteiger partial charge in [-0.05, 0) is 47.3 Å². The highest BCUT2D eigenvalue weighted by molar-refractivity contribution is 7.13. The molecule has 0 spiro atoms. The van der Waals surface area contributed by atoms with E-state index in [1.807, 2.05) is 35.2 Å². The molecule has 5 heteroatoms. The number of piperidine rings is 1. The molecule has 4 rings (SSSR count). The second-order valence-electron chi connectivity index (χ2n) is 6.85. The van der Waals surface area contributed by atoms with Crippen LogP contribution in [0.1, 0.15) is 23.2 Å². The zero-order valence-electron chi connectivity index (χ0n) is 15.8. The molecule has 3 aromatic rings. The third kappa shape index (κ3) is 4.20. The summed E-state index contributed by atoms with van der Waals surface area (Å²) in [6, 6.07) is 19.7. The lowest BCUT2D eigenvalue weighted by molar-refractivity contribution is 0.0595. The van der Waals surface area contributed by atoms with E-state index in [2.05, 4.69) is 29.6 Å². The van der Waals surface area contributed by atoms with Crippen LogP contribution in [-0.4, -0.2) is 37.1 Å². The van der Waals surface area contributed by atoms with Gasteiger partial charge < -0.3 is 14.4 Å². The molecule has 1 fully saturated rings. The van der Waals surface area contributed by atoms with Gasteiger partial charge in [0.1, 0.15) is 17.6 Å². The van der Waals surface area contributed by atoms with Crippen LogP contribution in [0.2, 0.25) is 0 Å². The Kier molecular flexibility index (Phi) is 5.63. The second kappa shape index (κ2) is 8.48. The summed E-state index contributed by atoms with van der Waals surface area (Å²) in [6.45, 7) is 1.40. The predicted octanol–water partition coefficient (Wildman–Crippen LogP) is 5.11. The van der Waals surface area contributed by atoms with Gasteiger partial charge in [-0.3, -0.25) is 4.79 Å². The maximum Gasteiger partial charge on any atom is 0.253 e. The maximum atomic E-state index is 12.7. The molecule has 2 aromatic carbocycles. The molecule has 1 amide bonds. The van der Waals surface area contributed by atoms with E-state index in [0.717, 1.165) is 18.6 Å². The first-order valence-electron chi connectivity index (χ1n) is 9.47. The van der Waals surface area contributed by atoms with Crippen LogP contribution in [0.15, 0.2) is 66.0 Å². The van der Waals surface area contributed by atoms with Crippen molar-refractivity contribution in [3.63, 3.8) is 0 Å². The molecule has 1 aliphatic rings. The highest BCUT2D eigenvalue weighted by atomic mass is 32.1. The summed E-state index contributed by atoms with van der Waals surface area (Å²) in [7, 11) is 1.61. The van der Waals surface area contributed by atoms with Crippen LogP contribution in [-0.2, 0) is 0 Å². The van der Waals surface area contributed by atoms with Gasteiger partial charge in [-0.2, -0.15) is 0 Å². The molecule has 0 unspecified atom stereocenters. The molecular weight excluding hydrogens is 370 g/mol. The molecule has 0 aliphatic carbocycles. The van der Waals surface area contributed by atoms with Crippen molar-refractivity contribution >= 4 is 17.2 Å². The minimum Gasteiger partial charge on any atom is -0.497 e. The number of carbonyl (C=O) groups is 1. The Labute approximate surface area is 169 Å². The summed E-state index contributed by atoms with van der Waals surface area (Å²) >= 11 is 1.73. The van der Waals surface area contributed by atoms with Gasteiger partial charge >= 0.3 is 0 Å². The lowest BCUT2D eigenvalue weighted by atomic mass is 10.1. The van der Waals surface area contributed by atoms with Gasteiger partial charge in [0.2, 0.25) is 0 Å². The van der Waals surface area contributed by atoms with Gasteiger partial charge in [0.15, 0.2) is 0 Å². The maximum absolute atomic E-state index is 12.7. The molecule has 0 saturated carbocycles. The molecule has 1 saturated heterocycles. The summed E-state index contributed by atoms with van der Waals surface area (Å²) in [4.78, 5) is 15.9. The number of hydrogen-bond acceptors (Lipinski definition) is 4. The first-order valence-corrected chi connectivity index (χ1v) is 10.3. The molecule has 2 heterocycles. The first kappa shape index (κ1) is 18.6. The molecule has 0 radical (unpaired) electrons. The topological polar surface area (TPSA) is 38.8 Å².